The predicted molar refractivity (Wildman–Crippen MR) is 80.6 cm³/mol. The van der Waals surface area contributed by atoms with Crippen molar-refractivity contribution in [3.05, 3.63) is 23.8 Å². The molecule has 0 atom stereocenters. The normalized spacial score (nSPS) is 17.1. The van der Waals surface area contributed by atoms with Crippen LogP contribution in [-0.2, 0) is 4.79 Å². The number of alkyl halides is 2. The van der Waals surface area contributed by atoms with E-state index in [4.69, 9.17) is 4.52 Å². The van der Waals surface area contributed by atoms with Gasteiger partial charge >= 0.3 is 6.01 Å². The molecule has 1 aromatic carbocycles. The zero-order valence-electron chi connectivity index (χ0n) is 12.6. The highest BCUT2D eigenvalue weighted by Gasteiger charge is 2.35. The van der Waals surface area contributed by atoms with Crippen molar-refractivity contribution in [2.24, 2.45) is 0 Å². The van der Waals surface area contributed by atoms with Crippen molar-refractivity contribution in [2.45, 2.75) is 25.7 Å². The summed E-state index contributed by atoms with van der Waals surface area (Å²) in [4.78, 5) is 16.5. The summed E-state index contributed by atoms with van der Waals surface area (Å²) in [5.74, 6) is -2.27. The molecule has 23 heavy (non-hydrogen) atoms. The number of aryl methyl sites for hydroxylation is 1. The highest BCUT2D eigenvalue weighted by Crippen LogP contribution is 2.31. The average Bonchev–Trinajstić information content (AvgIpc) is 2.99. The number of amides is 1. The zero-order chi connectivity index (χ0) is 16.4. The van der Waals surface area contributed by atoms with Crippen LogP contribution in [0.25, 0.3) is 11.4 Å². The third-order valence-corrected chi connectivity index (χ3v) is 3.89. The molecule has 1 aromatic heterocycles. The smallest absolute Gasteiger partial charge is 0.324 e. The zero-order valence-corrected chi connectivity index (χ0v) is 12.6. The van der Waals surface area contributed by atoms with Crippen LogP contribution in [-0.4, -0.2) is 35.6 Å². The van der Waals surface area contributed by atoms with Gasteiger partial charge in [0.15, 0.2) is 0 Å². The number of carbonyl (C=O) groups is 1. The second-order valence-electron chi connectivity index (χ2n) is 5.54. The number of nitrogens with zero attached hydrogens (tertiary/aromatic N) is 3. The van der Waals surface area contributed by atoms with E-state index in [1.54, 1.807) is 11.0 Å². The van der Waals surface area contributed by atoms with Gasteiger partial charge in [0.2, 0.25) is 12.2 Å². The van der Waals surface area contributed by atoms with E-state index in [9.17, 15) is 13.6 Å². The maximum Gasteiger partial charge on any atom is 0.324 e. The topological polar surface area (TPSA) is 71.3 Å². The highest BCUT2D eigenvalue weighted by molar-refractivity contribution is 5.76. The van der Waals surface area contributed by atoms with Crippen molar-refractivity contribution < 1.29 is 18.1 Å². The maximum atomic E-state index is 13.2. The molecule has 1 amide bonds. The monoisotopic (exact) mass is 322 g/mol. The third-order valence-electron chi connectivity index (χ3n) is 3.89. The molecule has 1 fully saturated rings. The van der Waals surface area contributed by atoms with E-state index in [1.165, 1.54) is 0 Å². The minimum atomic E-state index is -2.62. The molecule has 1 saturated heterocycles. The molecule has 2 heterocycles. The van der Waals surface area contributed by atoms with Crippen molar-refractivity contribution in [2.75, 3.05) is 23.3 Å². The second-order valence-corrected chi connectivity index (χ2v) is 5.54. The van der Waals surface area contributed by atoms with Crippen LogP contribution in [0.15, 0.2) is 22.7 Å². The summed E-state index contributed by atoms with van der Waals surface area (Å²) in [5.41, 5.74) is 2.24. The van der Waals surface area contributed by atoms with Gasteiger partial charge in [-0.1, -0.05) is 17.3 Å². The van der Waals surface area contributed by atoms with Gasteiger partial charge in [-0.2, -0.15) is 4.98 Å². The number of carbonyl (C=O) groups excluding carboxylic acids is 1. The van der Waals surface area contributed by atoms with Gasteiger partial charge in [0, 0.05) is 37.2 Å². The largest absolute Gasteiger partial charge is 0.328 e. The molecule has 8 heteroatoms. The number of hydrogen-bond acceptors (Lipinski definition) is 5. The van der Waals surface area contributed by atoms with Gasteiger partial charge in [-0.15, -0.1) is 0 Å². The molecule has 0 saturated carbocycles. The van der Waals surface area contributed by atoms with Gasteiger partial charge in [0.05, 0.1) is 0 Å². The van der Waals surface area contributed by atoms with Gasteiger partial charge in [-0.3, -0.25) is 4.79 Å². The van der Waals surface area contributed by atoms with E-state index in [0.29, 0.717) is 23.5 Å². The molecule has 2 aromatic rings. The molecule has 6 nitrogen and oxygen atoms in total. The first-order valence-electron chi connectivity index (χ1n) is 7.26. The summed E-state index contributed by atoms with van der Waals surface area (Å²) in [6, 6.07) is 5.62. The molecule has 0 bridgehead atoms. The van der Waals surface area contributed by atoms with Gasteiger partial charge in [0.1, 0.15) is 0 Å². The SMILES string of the molecule is Cc1ccc(-c2noc(N3CCC(F)(F)CC3)n2)cc1NC=O. The Balaban J connectivity index is 1.79. The van der Waals surface area contributed by atoms with Crippen LogP contribution in [0.1, 0.15) is 18.4 Å². The summed E-state index contributed by atoms with van der Waals surface area (Å²) in [7, 11) is 0. The number of anilines is 2. The summed E-state index contributed by atoms with van der Waals surface area (Å²) in [6.45, 7) is 2.23. The Morgan fingerprint density at radius 2 is 2.09 bits per heavy atom. The predicted octanol–water partition coefficient (Wildman–Crippen LogP) is 2.85. The van der Waals surface area contributed by atoms with Crippen LogP contribution in [0.2, 0.25) is 0 Å². The molecular weight excluding hydrogens is 306 g/mol. The molecule has 1 aliphatic rings. The van der Waals surface area contributed by atoms with E-state index < -0.39 is 5.92 Å². The Hall–Kier alpha value is -2.51. The molecule has 1 N–H and O–H groups in total. The number of halogens is 2. The molecule has 0 unspecified atom stereocenters. The average molecular weight is 322 g/mol. The number of rotatable bonds is 4. The lowest BCUT2D eigenvalue weighted by Crippen LogP contribution is -2.39. The van der Waals surface area contributed by atoms with Gasteiger partial charge < -0.3 is 14.7 Å². The fourth-order valence-electron chi connectivity index (χ4n) is 2.47. The van der Waals surface area contributed by atoms with Crippen LogP contribution in [0.3, 0.4) is 0 Å². The first-order valence-corrected chi connectivity index (χ1v) is 7.26. The molecule has 0 aliphatic carbocycles. The Morgan fingerprint density at radius 1 is 1.35 bits per heavy atom. The Morgan fingerprint density at radius 3 is 2.78 bits per heavy atom. The summed E-state index contributed by atoms with van der Waals surface area (Å²) >= 11 is 0. The lowest BCUT2D eigenvalue weighted by molar-refractivity contribution is -0.105. The van der Waals surface area contributed by atoms with Crippen LogP contribution in [0.5, 0.6) is 0 Å². The van der Waals surface area contributed by atoms with E-state index >= 15 is 0 Å². The minimum absolute atomic E-state index is 0.181. The molecule has 1 aliphatic heterocycles. The lowest BCUT2D eigenvalue weighted by Gasteiger charge is -2.29. The number of benzene rings is 1. The minimum Gasteiger partial charge on any atom is -0.328 e. The first kappa shape index (κ1) is 15.4. The maximum absolute atomic E-state index is 13.2. The summed E-state index contributed by atoms with van der Waals surface area (Å²) in [5, 5.41) is 6.50. The molecular formula is C15H16F2N4O2. The molecule has 0 spiro atoms. The summed E-state index contributed by atoms with van der Waals surface area (Å²) in [6.07, 6.45) is 0.160. The van der Waals surface area contributed by atoms with Crippen molar-refractivity contribution in [3.8, 4) is 11.4 Å². The summed E-state index contributed by atoms with van der Waals surface area (Å²) < 4.78 is 31.6. The second kappa shape index (κ2) is 5.94. The van der Waals surface area contributed by atoms with Crippen molar-refractivity contribution in [1.29, 1.82) is 0 Å². The van der Waals surface area contributed by atoms with Crippen molar-refractivity contribution in [1.82, 2.24) is 10.1 Å². The molecule has 122 valence electrons. The number of aromatic nitrogens is 2. The molecule has 0 radical (unpaired) electrons. The van der Waals surface area contributed by atoms with Gasteiger partial charge in [0.25, 0.3) is 5.92 Å². The van der Waals surface area contributed by atoms with Crippen molar-refractivity contribution in [3.63, 3.8) is 0 Å². The Kier molecular flexibility index (Phi) is 3.97. The quantitative estimate of drug-likeness (QED) is 0.877. The first-order chi connectivity index (χ1) is 11.0. The number of piperidine rings is 1. The van der Waals surface area contributed by atoms with E-state index in [-0.39, 0.29) is 31.9 Å². The van der Waals surface area contributed by atoms with E-state index in [1.807, 2.05) is 19.1 Å². The fourth-order valence-corrected chi connectivity index (χ4v) is 2.47. The molecule has 3 rings (SSSR count). The van der Waals surface area contributed by atoms with Crippen LogP contribution in [0, 0.1) is 6.92 Å². The van der Waals surface area contributed by atoms with Crippen molar-refractivity contribution >= 4 is 18.1 Å². The standard InChI is InChI=1S/C15H16F2N4O2/c1-10-2-3-11(8-12(10)18-9-22)13-19-14(23-20-13)21-6-4-15(16,17)5-7-21/h2-3,8-9H,4-7H2,1H3,(H,18,22). The van der Waals surface area contributed by atoms with E-state index in [2.05, 4.69) is 15.5 Å². The van der Waals surface area contributed by atoms with Crippen LogP contribution >= 0.6 is 0 Å². The number of nitrogens with one attached hydrogen (secondary N) is 1. The lowest BCUT2D eigenvalue weighted by atomic mass is 10.1. The van der Waals surface area contributed by atoms with Crippen LogP contribution < -0.4 is 10.2 Å². The Bertz CT molecular complexity index is 707. The van der Waals surface area contributed by atoms with Gasteiger partial charge in [-0.05, 0) is 18.6 Å². The third kappa shape index (κ3) is 3.30. The highest BCUT2D eigenvalue weighted by atomic mass is 19.3. The van der Waals surface area contributed by atoms with Crippen LogP contribution in [0.4, 0.5) is 20.5 Å². The fraction of sp³-hybridized carbons (Fsp3) is 0.400. The van der Waals surface area contributed by atoms with Gasteiger partial charge in [-0.25, -0.2) is 8.78 Å². The Labute approximate surface area is 131 Å². The van der Waals surface area contributed by atoms with E-state index in [0.717, 1.165) is 5.56 Å². The number of hydrogen-bond donors (Lipinski definition) is 1.